The van der Waals surface area contributed by atoms with Crippen molar-refractivity contribution in [2.45, 2.75) is 13.8 Å². The Bertz CT molecular complexity index is 306. The van der Waals surface area contributed by atoms with Gasteiger partial charge >= 0.3 is 0 Å². The van der Waals surface area contributed by atoms with Gasteiger partial charge in [-0.3, -0.25) is 9.79 Å². The molecule has 0 atom stereocenters. The molecule has 0 aliphatic rings. The van der Waals surface area contributed by atoms with Crippen molar-refractivity contribution in [3.05, 3.63) is 23.8 Å². The summed E-state index contributed by atoms with van der Waals surface area (Å²) in [6, 6.07) is 0. The lowest BCUT2D eigenvalue weighted by atomic mass is 10.2. The average molecular weight is 226 g/mol. The average Bonchev–Trinajstić information content (AvgIpc) is 2.18. The van der Waals surface area contributed by atoms with E-state index in [2.05, 4.69) is 16.9 Å². The van der Waals surface area contributed by atoms with E-state index in [1.54, 1.807) is 13.1 Å². The van der Waals surface area contributed by atoms with Gasteiger partial charge in [0.2, 0.25) is 0 Å². The van der Waals surface area contributed by atoms with Crippen molar-refractivity contribution in [3.63, 3.8) is 0 Å². The highest BCUT2D eigenvalue weighted by molar-refractivity contribution is 8.13. The Hall–Kier alpha value is -1.03. The Morgan fingerprint density at radius 2 is 2.20 bits per heavy atom. The van der Waals surface area contributed by atoms with E-state index in [4.69, 9.17) is 0 Å². The Labute approximate surface area is 95.7 Å². The van der Waals surface area contributed by atoms with E-state index in [-0.39, 0.29) is 5.91 Å². The fourth-order valence-corrected chi connectivity index (χ4v) is 1.60. The molecule has 0 rings (SSSR count). The number of aliphatic imine (C=N–C) groups is 1. The highest BCUT2D eigenvalue weighted by atomic mass is 32.2. The molecule has 4 heteroatoms. The molecular weight excluding hydrogens is 208 g/mol. The molecule has 0 saturated carbocycles. The highest BCUT2D eigenvalue weighted by Gasteiger charge is 2.13. The lowest BCUT2D eigenvalue weighted by Crippen LogP contribution is -2.27. The predicted molar refractivity (Wildman–Crippen MR) is 68.5 cm³/mol. The SMILES string of the molecule is C=C(C)/C=C(C(=O)NCC)\C(=N/C)SC. The summed E-state index contributed by atoms with van der Waals surface area (Å²) in [5.74, 6) is -0.101. The maximum atomic E-state index is 11.7. The zero-order valence-corrected chi connectivity index (χ0v) is 10.6. The van der Waals surface area contributed by atoms with Crippen LogP contribution < -0.4 is 5.32 Å². The van der Waals surface area contributed by atoms with Crippen LogP contribution >= 0.6 is 11.8 Å². The Morgan fingerprint density at radius 1 is 1.60 bits per heavy atom. The van der Waals surface area contributed by atoms with Crippen molar-refractivity contribution >= 4 is 22.7 Å². The van der Waals surface area contributed by atoms with Crippen molar-refractivity contribution in [2.75, 3.05) is 19.8 Å². The fraction of sp³-hybridized carbons (Fsp3) is 0.455. The molecule has 0 aliphatic heterocycles. The van der Waals surface area contributed by atoms with Crippen LogP contribution in [0.4, 0.5) is 0 Å². The van der Waals surface area contributed by atoms with Gasteiger partial charge in [-0.05, 0) is 26.2 Å². The van der Waals surface area contributed by atoms with Gasteiger partial charge in [-0.25, -0.2) is 0 Å². The maximum absolute atomic E-state index is 11.7. The number of nitrogens with one attached hydrogen (secondary N) is 1. The van der Waals surface area contributed by atoms with Crippen LogP contribution in [-0.4, -0.2) is 30.8 Å². The first-order valence-electron chi connectivity index (χ1n) is 4.73. The number of hydrogen-bond donors (Lipinski definition) is 1. The van der Waals surface area contributed by atoms with E-state index in [9.17, 15) is 4.79 Å². The Morgan fingerprint density at radius 3 is 2.53 bits per heavy atom. The molecule has 0 aromatic carbocycles. The minimum Gasteiger partial charge on any atom is -0.352 e. The molecule has 0 bridgehead atoms. The number of likely N-dealkylation sites (N-methyl/N-ethyl adjacent to an activating group) is 1. The molecule has 1 amide bonds. The van der Waals surface area contributed by atoms with E-state index >= 15 is 0 Å². The smallest absolute Gasteiger partial charge is 0.254 e. The lowest BCUT2D eigenvalue weighted by molar-refractivity contribution is -0.116. The number of thioether (sulfide) groups is 1. The van der Waals surface area contributed by atoms with E-state index < -0.39 is 0 Å². The van der Waals surface area contributed by atoms with Crippen LogP contribution in [0.15, 0.2) is 28.8 Å². The standard InChI is InChI=1S/C11H18N2OS/c1-6-13-10(14)9(7-8(2)3)11(12-4)15-5/h7H,2,6H2,1,3-5H3,(H,13,14)/b9-7-,12-11+. The lowest BCUT2D eigenvalue weighted by Gasteiger charge is -2.08. The van der Waals surface area contributed by atoms with Gasteiger partial charge < -0.3 is 5.32 Å². The minimum absolute atomic E-state index is 0.101. The molecule has 0 spiro atoms. The third-order valence-electron chi connectivity index (χ3n) is 1.60. The third kappa shape index (κ3) is 4.83. The first kappa shape index (κ1) is 14.0. The minimum atomic E-state index is -0.101. The van der Waals surface area contributed by atoms with E-state index in [0.717, 1.165) is 10.6 Å². The van der Waals surface area contributed by atoms with E-state index in [1.807, 2.05) is 20.1 Å². The number of carbonyl (C=O) groups excluding carboxylic acids is 1. The summed E-state index contributed by atoms with van der Waals surface area (Å²) in [4.78, 5) is 15.8. The van der Waals surface area contributed by atoms with Gasteiger partial charge in [0.25, 0.3) is 5.91 Å². The molecule has 0 radical (unpaired) electrons. The quantitative estimate of drug-likeness (QED) is 0.345. The number of allylic oxidation sites excluding steroid dienone is 2. The van der Waals surface area contributed by atoms with Crippen molar-refractivity contribution in [2.24, 2.45) is 4.99 Å². The number of carbonyl (C=O) groups is 1. The van der Waals surface area contributed by atoms with Gasteiger partial charge in [0.1, 0.15) is 5.04 Å². The first-order chi connectivity index (χ1) is 7.06. The summed E-state index contributed by atoms with van der Waals surface area (Å²) in [6.07, 6.45) is 3.65. The monoisotopic (exact) mass is 226 g/mol. The molecule has 0 unspecified atom stereocenters. The van der Waals surface area contributed by atoms with Gasteiger partial charge in [-0.2, -0.15) is 0 Å². The molecule has 0 aromatic heterocycles. The van der Waals surface area contributed by atoms with Crippen LogP contribution in [0.25, 0.3) is 0 Å². The number of amides is 1. The van der Waals surface area contributed by atoms with Crippen molar-refractivity contribution < 1.29 is 4.79 Å². The van der Waals surface area contributed by atoms with E-state index in [1.165, 1.54) is 11.8 Å². The highest BCUT2D eigenvalue weighted by Crippen LogP contribution is 2.12. The number of rotatable bonds is 4. The Balaban J connectivity index is 5.06. The second-order valence-corrected chi connectivity index (χ2v) is 3.79. The van der Waals surface area contributed by atoms with Crippen LogP contribution in [-0.2, 0) is 4.79 Å². The fourth-order valence-electron chi connectivity index (χ4n) is 1.05. The molecule has 0 aliphatic carbocycles. The summed E-state index contributed by atoms with van der Waals surface area (Å²) >= 11 is 1.45. The summed E-state index contributed by atoms with van der Waals surface area (Å²) < 4.78 is 0. The van der Waals surface area contributed by atoms with Gasteiger partial charge in [0.15, 0.2) is 0 Å². The first-order valence-corrected chi connectivity index (χ1v) is 5.95. The molecule has 15 heavy (non-hydrogen) atoms. The van der Waals surface area contributed by atoms with Crippen LogP contribution in [0.3, 0.4) is 0 Å². The summed E-state index contributed by atoms with van der Waals surface area (Å²) in [7, 11) is 1.68. The summed E-state index contributed by atoms with van der Waals surface area (Å²) in [6.45, 7) is 8.12. The Kier molecular flexibility index (Phi) is 6.79. The number of nitrogens with zero attached hydrogens (tertiary/aromatic N) is 1. The van der Waals surface area contributed by atoms with Gasteiger partial charge in [0, 0.05) is 13.6 Å². The van der Waals surface area contributed by atoms with Gasteiger partial charge in [-0.15, -0.1) is 11.8 Å². The molecule has 0 fully saturated rings. The van der Waals surface area contributed by atoms with Crippen molar-refractivity contribution in [1.82, 2.24) is 5.32 Å². The third-order valence-corrected chi connectivity index (χ3v) is 2.39. The summed E-state index contributed by atoms with van der Waals surface area (Å²) in [5, 5.41) is 3.48. The molecule has 3 nitrogen and oxygen atoms in total. The van der Waals surface area contributed by atoms with Crippen LogP contribution in [0.1, 0.15) is 13.8 Å². The molecular formula is C11H18N2OS. The number of hydrogen-bond acceptors (Lipinski definition) is 3. The molecule has 1 N–H and O–H groups in total. The zero-order valence-electron chi connectivity index (χ0n) is 9.76. The topological polar surface area (TPSA) is 41.5 Å². The normalized spacial score (nSPS) is 12.5. The molecule has 0 heterocycles. The largest absolute Gasteiger partial charge is 0.352 e. The molecule has 84 valence electrons. The van der Waals surface area contributed by atoms with Crippen LogP contribution in [0.2, 0.25) is 0 Å². The second-order valence-electron chi connectivity index (χ2n) is 3.00. The maximum Gasteiger partial charge on any atom is 0.254 e. The second kappa shape index (κ2) is 7.29. The van der Waals surface area contributed by atoms with Crippen molar-refractivity contribution in [3.8, 4) is 0 Å². The molecule has 0 saturated heterocycles. The van der Waals surface area contributed by atoms with E-state index in [0.29, 0.717) is 12.1 Å². The zero-order chi connectivity index (χ0) is 11.8. The van der Waals surface area contributed by atoms with Gasteiger partial charge in [0.05, 0.1) is 5.57 Å². The van der Waals surface area contributed by atoms with Crippen LogP contribution in [0.5, 0.6) is 0 Å². The van der Waals surface area contributed by atoms with Crippen LogP contribution in [0, 0.1) is 0 Å². The van der Waals surface area contributed by atoms with Crippen molar-refractivity contribution in [1.29, 1.82) is 0 Å². The molecule has 0 aromatic rings. The predicted octanol–water partition coefficient (Wildman–Crippen LogP) is 2.02. The van der Waals surface area contributed by atoms with Gasteiger partial charge in [-0.1, -0.05) is 12.2 Å². The summed E-state index contributed by atoms with van der Waals surface area (Å²) in [5.41, 5.74) is 1.42.